The van der Waals surface area contributed by atoms with Crippen molar-refractivity contribution in [3.8, 4) is 11.5 Å². The van der Waals surface area contributed by atoms with Crippen LogP contribution in [0.2, 0.25) is 0 Å². The lowest BCUT2D eigenvalue weighted by Gasteiger charge is -2.05. The normalized spacial score (nSPS) is 10.4. The van der Waals surface area contributed by atoms with Crippen LogP contribution in [0.4, 0.5) is 5.69 Å². The minimum absolute atomic E-state index is 0.0835. The topological polar surface area (TPSA) is 86.5 Å². The number of benzene rings is 2. The van der Waals surface area contributed by atoms with E-state index in [0.717, 1.165) is 17.2 Å². The second-order valence-corrected chi connectivity index (χ2v) is 6.48. The number of rotatable bonds is 9. The van der Waals surface area contributed by atoms with E-state index in [1.54, 1.807) is 31.4 Å². The summed E-state index contributed by atoms with van der Waals surface area (Å²) in [6.45, 7) is 0.204. The summed E-state index contributed by atoms with van der Waals surface area (Å²) in [6, 6.07) is 16.6. The first-order chi connectivity index (χ1) is 13.2. The zero-order chi connectivity index (χ0) is 18.9. The largest absolute Gasteiger partial charge is 0.497 e. The Hall–Kier alpha value is -3.00. The van der Waals surface area contributed by atoms with Crippen LogP contribution < -0.4 is 14.8 Å². The van der Waals surface area contributed by atoms with Crippen LogP contribution in [0, 0.1) is 0 Å². The van der Waals surface area contributed by atoms with Crippen molar-refractivity contribution in [1.29, 1.82) is 0 Å². The number of methoxy groups -OCH3 is 1. The number of amides is 1. The predicted molar refractivity (Wildman–Crippen MR) is 102 cm³/mol. The molecule has 0 radical (unpaired) electrons. The highest BCUT2D eigenvalue weighted by atomic mass is 32.2. The van der Waals surface area contributed by atoms with Gasteiger partial charge >= 0.3 is 0 Å². The number of carbonyl (C=O) groups is 1. The maximum atomic E-state index is 12.0. The van der Waals surface area contributed by atoms with Gasteiger partial charge in [0, 0.05) is 17.9 Å². The highest BCUT2D eigenvalue weighted by Crippen LogP contribution is 2.19. The van der Waals surface area contributed by atoms with E-state index in [9.17, 15) is 4.79 Å². The molecule has 27 heavy (non-hydrogen) atoms. The number of aromatic nitrogens is 2. The van der Waals surface area contributed by atoms with E-state index in [4.69, 9.17) is 13.9 Å². The number of hydrogen-bond donors (Lipinski definition) is 1. The maximum absolute atomic E-state index is 12.0. The fourth-order valence-electron chi connectivity index (χ4n) is 2.15. The Labute approximate surface area is 161 Å². The zero-order valence-corrected chi connectivity index (χ0v) is 15.6. The Morgan fingerprint density at radius 1 is 1.07 bits per heavy atom. The minimum atomic E-state index is -0.0835. The van der Waals surface area contributed by atoms with Crippen molar-refractivity contribution in [2.24, 2.45) is 0 Å². The molecule has 7 nitrogen and oxygen atoms in total. The lowest BCUT2D eigenvalue weighted by atomic mass is 10.3. The van der Waals surface area contributed by atoms with Crippen LogP contribution in [0.15, 0.2) is 64.2 Å². The Morgan fingerprint density at radius 3 is 2.59 bits per heavy atom. The van der Waals surface area contributed by atoms with E-state index in [2.05, 4.69) is 15.5 Å². The number of thioether (sulfide) groups is 1. The van der Waals surface area contributed by atoms with Crippen molar-refractivity contribution in [1.82, 2.24) is 10.2 Å². The van der Waals surface area contributed by atoms with Gasteiger partial charge in [0.15, 0.2) is 6.61 Å². The Morgan fingerprint density at radius 2 is 1.85 bits per heavy atom. The van der Waals surface area contributed by atoms with Gasteiger partial charge in [0.05, 0.1) is 7.11 Å². The Bertz CT molecular complexity index is 853. The van der Waals surface area contributed by atoms with E-state index in [1.165, 1.54) is 11.8 Å². The number of ether oxygens (including phenoxy) is 2. The maximum Gasteiger partial charge on any atom is 0.276 e. The number of carbonyl (C=O) groups excluding carboxylic acids is 1. The van der Waals surface area contributed by atoms with E-state index >= 15 is 0 Å². The molecular formula is C19H19N3O4S. The molecule has 140 valence electrons. The van der Waals surface area contributed by atoms with Crippen LogP contribution in [-0.2, 0) is 11.4 Å². The molecule has 0 aliphatic carbocycles. The molecule has 0 fully saturated rings. The molecule has 0 aliphatic rings. The van der Waals surface area contributed by atoms with Gasteiger partial charge < -0.3 is 19.2 Å². The smallest absolute Gasteiger partial charge is 0.276 e. The second kappa shape index (κ2) is 9.63. The van der Waals surface area contributed by atoms with Crippen molar-refractivity contribution in [2.45, 2.75) is 18.3 Å². The predicted octanol–water partition coefficient (Wildman–Crippen LogP) is 3.78. The van der Waals surface area contributed by atoms with E-state index in [-0.39, 0.29) is 12.5 Å². The Balaban J connectivity index is 1.38. The van der Waals surface area contributed by atoms with Gasteiger partial charge in [-0.15, -0.1) is 10.2 Å². The van der Waals surface area contributed by atoms with E-state index in [0.29, 0.717) is 23.3 Å². The molecule has 3 aromatic rings. The van der Waals surface area contributed by atoms with Crippen LogP contribution in [0.3, 0.4) is 0 Å². The van der Waals surface area contributed by atoms with Gasteiger partial charge in [-0.05, 0) is 36.4 Å². The molecular weight excluding hydrogens is 366 g/mol. The van der Waals surface area contributed by atoms with Gasteiger partial charge in [0.2, 0.25) is 5.91 Å². The monoisotopic (exact) mass is 385 g/mol. The molecule has 0 atom stereocenters. The molecule has 2 aromatic carbocycles. The van der Waals surface area contributed by atoms with Crippen molar-refractivity contribution in [3.05, 3.63) is 60.5 Å². The zero-order valence-electron chi connectivity index (χ0n) is 14.8. The quantitative estimate of drug-likeness (QED) is 0.561. The van der Waals surface area contributed by atoms with Gasteiger partial charge in [0.25, 0.3) is 11.1 Å². The molecule has 0 saturated carbocycles. The number of hydrogen-bond acceptors (Lipinski definition) is 7. The van der Waals surface area contributed by atoms with Crippen molar-refractivity contribution >= 4 is 23.4 Å². The van der Waals surface area contributed by atoms with E-state index < -0.39 is 0 Å². The van der Waals surface area contributed by atoms with Crippen molar-refractivity contribution in [2.75, 3.05) is 18.2 Å². The molecule has 1 amide bonds. The summed E-state index contributed by atoms with van der Waals surface area (Å²) in [7, 11) is 1.60. The average molecular weight is 385 g/mol. The number of nitrogens with zero attached hydrogens (tertiary/aromatic N) is 2. The molecule has 0 bridgehead atoms. The van der Waals surface area contributed by atoms with Crippen LogP contribution >= 0.6 is 11.8 Å². The van der Waals surface area contributed by atoms with Crippen LogP contribution in [0.1, 0.15) is 12.3 Å². The van der Waals surface area contributed by atoms with Crippen LogP contribution in [-0.4, -0.2) is 29.0 Å². The highest BCUT2D eigenvalue weighted by molar-refractivity contribution is 7.99. The number of anilines is 1. The summed E-state index contributed by atoms with van der Waals surface area (Å²) in [5, 5.41) is 11.1. The van der Waals surface area contributed by atoms with Gasteiger partial charge in [0.1, 0.15) is 11.5 Å². The lowest BCUT2D eigenvalue weighted by molar-refractivity contribution is -0.115. The van der Waals surface area contributed by atoms with Gasteiger partial charge in [-0.2, -0.15) is 0 Å². The molecule has 0 unspecified atom stereocenters. The third-order valence-corrected chi connectivity index (χ3v) is 4.30. The number of nitrogens with one attached hydrogen (secondary N) is 1. The van der Waals surface area contributed by atoms with Gasteiger partial charge in [-0.1, -0.05) is 30.0 Å². The van der Waals surface area contributed by atoms with Crippen molar-refractivity contribution in [3.63, 3.8) is 0 Å². The molecule has 0 aliphatic heterocycles. The Kier molecular flexibility index (Phi) is 6.70. The fourth-order valence-corrected chi connectivity index (χ4v) is 2.86. The second-order valence-electron chi connectivity index (χ2n) is 5.44. The fraction of sp³-hybridized carbons (Fsp3) is 0.211. The lowest BCUT2D eigenvalue weighted by Crippen LogP contribution is -2.12. The molecule has 3 rings (SSSR count). The van der Waals surface area contributed by atoms with Crippen molar-refractivity contribution < 1.29 is 18.7 Å². The third-order valence-electron chi connectivity index (χ3n) is 3.48. The average Bonchev–Trinajstić information content (AvgIpc) is 3.15. The summed E-state index contributed by atoms with van der Waals surface area (Å²) >= 11 is 1.33. The summed E-state index contributed by atoms with van der Waals surface area (Å²) in [5.41, 5.74) is 0.726. The van der Waals surface area contributed by atoms with Crippen LogP contribution in [0.5, 0.6) is 11.5 Å². The first kappa shape index (κ1) is 18.8. The highest BCUT2D eigenvalue weighted by Gasteiger charge is 2.09. The summed E-state index contributed by atoms with van der Waals surface area (Å²) < 4.78 is 16.1. The first-order valence-corrected chi connectivity index (χ1v) is 9.28. The molecule has 0 spiro atoms. The molecule has 1 N–H and O–H groups in total. The van der Waals surface area contributed by atoms with E-state index in [1.807, 2.05) is 30.3 Å². The van der Waals surface area contributed by atoms with Gasteiger partial charge in [-0.3, -0.25) is 4.79 Å². The first-order valence-electron chi connectivity index (χ1n) is 8.30. The molecule has 1 heterocycles. The van der Waals surface area contributed by atoms with Crippen LogP contribution in [0.25, 0.3) is 0 Å². The number of para-hydroxylation sites is 1. The summed E-state index contributed by atoms with van der Waals surface area (Å²) in [5.74, 6) is 2.32. The summed E-state index contributed by atoms with van der Waals surface area (Å²) in [4.78, 5) is 12.0. The molecule has 8 heteroatoms. The minimum Gasteiger partial charge on any atom is -0.497 e. The molecule has 1 aromatic heterocycles. The van der Waals surface area contributed by atoms with Gasteiger partial charge in [-0.25, -0.2) is 0 Å². The summed E-state index contributed by atoms with van der Waals surface area (Å²) in [6.07, 6.45) is 0.328. The molecule has 0 saturated heterocycles. The standard InChI is InChI=1S/C19H19N3O4S/c1-24-15-9-7-14(8-10-15)20-17(23)11-12-27-19-22-21-18(26-19)13-25-16-5-3-2-4-6-16/h2-10H,11-13H2,1H3,(H,20,23). The third kappa shape index (κ3) is 6.03. The SMILES string of the molecule is COc1ccc(NC(=O)CCSc2nnc(COc3ccccc3)o2)cc1.